The number of ether oxygens (including phenoxy) is 1. The highest BCUT2D eigenvalue weighted by molar-refractivity contribution is 6.04. The van der Waals surface area contributed by atoms with E-state index in [0.29, 0.717) is 11.3 Å². The molecule has 0 fully saturated rings. The molecule has 11 heteroatoms. The van der Waals surface area contributed by atoms with Gasteiger partial charge in [-0.2, -0.15) is 23.0 Å². The highest BCUT2D eigenvalue weighted by Gasteiger charge is 2.30. The third-order valence-electron chi connectivity index (χ3n) is 5.12. The number of aromatic nitrogens is 2. The van der Waals surface area contributed by atoms with Gasteiger partial charge in [-0.25, -0.2) is 0 Å². The Balaban J connectivity index is 2.06. The van der Waals surface area contributed by atoms with Gasteiger partial charge < -0.3 is 20.3 Å². The summed E-state index contributed by atoms with van der Waals surface area (Å²) >= 11 is 0. The van der Waals surface area contributed by atoms with Crippen LogP contribution in [0.15, 0.2) is 59.4 Å². The molecule has 0 bridgehead atoms. The Morgan fingerprint density at radius 3 is 2.17 bits per heavy atom. The summed E-state index contributed by atoms with van der Waals surface area (Å²) in [6, 6.07) is 12.9. The summed E-state index contributed by atoms with van der Waals surface area (Å²) in [7, 11) is 0. The van der Waals surface area contributed by atoms with Crippen LogP contribution in [0.25, 0.3) is 5.69 Å². The summed E-state index contributed by atoms with van der Waals surface area (Å²) < 4.78 is 43.8. The summed E-state index contributed by atoms with van der Waals surface area (Å²) in [5.41, 5.74) is -3.31. The first-order chi connectivity index (χ1) is 16.6. The standard InChI is InChI=1S/C25H26F3N3O5/c1-23(2,34)15-9-11-16(12-10-15)29-21(32)17-13-20(24(3,4)35)30-31(22(17)33)18-7-5-6-8-19(18)36-14-25(26,27)28/h5-13,34-35H,14H2,1-4H3,(H,29,32). The van der Waals surface area contributed by atoms with E-state index >= 15 is 0 Å². The molecule has 0 saturated carbocycles. The van der Waals surface area contributed by atoms with Crippen molar-refractivity contribution in [3.8, 4) is 11.4 Å². The zero-order valence-corrected chi connectivity index (χ0v) is 20.1. The van der Waals surface area contributed by atoms with Crippen LogP contribution in [0.5, 0.6) is 5.75 Å². The van der Waals surface area contributed by atoms with Crippen LogP contribution in [0.2, 0.25) is 0 Å². The van der Waals surface area contributed by atoms with Crippen molar-refractivity contribution in [3.63, 3.8) is 0 Å². The molecule has 0 aliphatic carbocycles. The first-order valence-electron chi connectivity index (χ1n) is 10.9. The van der Waals surface area contributed by atoms with Crippen molar-refractivity contribution in [2.75, 3.05) is 11.9 Å². The molecule has 1 heterocycles. The number of hydrogen-bond acceptors (Lipinski definition) is 6. The quantitative estimate of drug-likeness (QED) is 0.449. The minimum absolute atomic E-state index is 0.0738. The maximum atomic E-state index is 13.3. The number of nitrogens with zero attached hydrogens (tertiary/aromatic N) is 2. The molecular weight excluding hydrogens is 479 g/mol. The fourth-order valence-electron chi connectivity index (χ4n) is 3.19. The SMILES string of the molecule is CC(C)(O)c1ccc(NC(=O)c2cc(C(C)(C)O)nn(-c3ccccc3OCC(F)(F)F)c2=O)cc1. The van der Waals surface area contributed by atoms with E-state index in [-0.39, 0.29) is 17.1 Å². The molecule has 0 radical (unpaired) electrons. The first-order valence-corrected chi connectivity index (χ1v) is 10.9. The smallest absolute Gasteiger partial charge is 0.422 e. The van der Waals surface area contributed by atoms with Gasteiger partial charge in [-0.05, 0) is 63.6 Å². The number of carbonyl (C=O) groups is 1. The Kier molecular flexibility index (Phi) is 7.28. The molecule has 0 spiro atoms. The molecule has 0 saturated heterocycles. The van der Waals surface area contributed by atoms with Gasteiger partial charge in [-0.1, -0.05) is 24.3 Å². The molecule has 0 unspecified atom stereocenters. The fraction of sp³-hybridized carbons (Fsp3) is 0.320. The Hall–Kier alpha value is -3.70. The van der Waals surface area contributed by atoms with Crippen LogP contribution in [0.3, 0.4) is 0 Å². The van der Waals surface area contributed by atoms with E-state index in [2.05, 4.69) is 10.4 Å². The summed E-state index contributed by atoms with van der Waals surface area (Å²) in [6.07, 6.45) is -4.62. The van der Waals surface area contributed by atoms with Crippen LogP contribution in [0.4, 0.5) is 18.9 Å². The van der Waals surface area contributed by atoms with E-state index in [1.54, 1.807) is 38.1 Å². The van der Waals surface area contributed by atoms with E-state index < -0.39 is 41.0 Å². The number of nitrogens with one attached hydrogen (secondary N) is 1. The normalized spacial score (nSPS) is 12.4. The van der Waals surface area contributed by atoms with E-state index in [1.165, 1.54) is 38.1 Å². The fourth-order valence-corrected chi connectivity index (χ4v) is 3.19. The molecule has 3 aromatic rings. The molecule has 1 aromatic heterocycles. The van der Waals surface area contributed by atoms with E-state index in [9.17, 15) is 33.0 Å². The summed E-state index contributed by atoms with van der Waals surface area (Å²) in [6.45, 7) is 4.38. The number of amides is 1. The lowest BCUT2D eigenvalue weighted by atomic mass is 9.98. The number of carbonyl (C=O) groups excluding carboxylic acids is 1. The number of halogens is 3. The van der Waals surface area contributed by atoms with Gasteiger partial charge in [-0.3, -0.25) is 9.59 Å². The average Bonchev–Trinajstić information content (AvgIpc) is 2.76. The van der Waals surface area contributed by atoms with Gasteiger partial charge in [0.1, 0.15) is 22.6 Å². The molecule has 192 valence electrons. The zero-order valence-electron chi connectivity index (χ0n) is 20.1. The minimum Gasteiger partial charge on any atom is -0.482 e. The number of hydrogen-bond donors (Lipinski definition) is 3. The van der Waals surface area contributed by atoms with Gasteiger partial charge >= 0.3 is 6.18 Å². The predicted molar refractivity (Wildman–Crippen MR) is 126 cm³/mol. The second kappa shape index (κ2) is 9.75. The lowest BCUT2D eigenvalue weighted by Crippen LogP contribution is -2.34. The molecule has 1 amide bonds. The maximum absolute atomic E-state index is 13.3. The third-order valence-corrected chi connectivity index (χ3v) is 5.12. The van der Waals surface area contributed by atoms with Crippen LogP contribution < -0.4 is 15.6 Å². The van der Waals surface area contributed by atoms with Crippen LogP contribution in [0.1, 0.15) is 49.3 Å². The highest BCUT2D eigenvalue weighted by Crippen LogP contribution is 2.26. The Bertz CT molecular complexity index is 1300. The minimum atomic E-state index is -4.62. The molecule has 3 N–H and O–H groups in total. The summed E-state index contributed by atoms with van der Waals surface area (Å²) in [5.74, 6) is -1.11. The van der Waals surface area contributed by atoms with E-state index in [1.807, 2.05) is 0 Å². The molecule has 8 nitrogen and oxygen atoms in total. The number of rotatable bonds is 7. The van der Waals surface area contributed by atoms with Crippen LogP contribution in [-0.2, 0) is 11.2 Å². The van der Waals surface area contributed by atoms with Gasteiger partial charge in [-0.15, -0.1) is 0 Å². The van der Waals surface area contributed by atoms with Crippen LogP contribution >= 0.6 is 0 Å². The molecule has 3 rings (SSSR count). The lowest BCUT2D eigenvalue weighted by molar-refractivity contribution is -0.153. The topological polar surface area (TPSA) is 114 Å². The molecule has 36 heavy (non-hydrogen) atoms. The van der Waals surface area contributed by atoms with Crippen molar-refractivity contribution < 1.29 is 32.9 Å². The number of anilines is 1. The number of para-hydroxylation sites is 2. The largest absolute Gasteiger partial charge is 0.482 e. The van der Waals surface area contributed by atoms with Crippen molar-refractivity contribution >= 4 is 11.6 Å². The number of aliphatic hydroxyl groups is 2. The second-order valence-electron chi connectivity index (χ2n) is 9.18. The summed E-state index contributed by atoms with van der Waals surface area (Å²) in [5, 5.41) is 27.3. The predicted octanol–water partition coefficient (Wildman–Crippen LogP) is 3.88. The second-order valence-corrected chi connectivity index (χ2v) is 9.18. The Morgan fingerprint density at radius 2 is 1.61 bits per heavy atom. The molecule has 2 aromatic carbocycles. The van der Waals surface area contributed by atoms with Crippen molar-refractivity contribution in [2.45, 2.75) is 45.1 Å². The first kappa shape index (κ1) is 26.9. The molecule has 0 aliphatic rings. The van der Waals surface area contributed by atoms with E-state index in [0.717, 1.165) is 10.7 Å². The van der Waals surface area contributed by atoms with Gasteiger partial charge in [0.15, 0.2) is 6.61 Å². The Labute approximate surface area is 205 Å². The lowest BCUT2D eigenvalue weighted by Gasteiger charge is -2.20. The van der Waals surface area contributed by atoms with Crippen molar-refractivity contribution in [1.29, 1.82) is 0 Å². The molecular formula is C25H26F3N3O5. The third kappa shape index (κ3) is 6.49. The van der Waals surface area contributed by atoms with Crippen molar-refractivity contribution in [1.82, 2.24) is 9.78 Å². The van der Waals surface area contributed by atoms with Gasteiger partial charge in [0.25, 0.3) is 11.5 Å². The van der Waals surface area contributed by atoms with Crippen molar-refractivity contribution in [2.24, 2.45) is 0 Å². The van der Waals surface area contributed by atoms with E-state index in [4.69, 9.17) is 4.74 Å². The van der Waals surface area contributed by atoms with Gasteiger partial charge in [0, 0.05) is 5.69 Å². The van der Waals surface area contributed by atoms with Crippen molar-refractivity contribution in [3.05, 3.63) is 81.8 Å². The average molecular weight is 505 g/mol. The molecule has 0 atom stereocenters. The zero-order chi connectivity index (χ0) is 26.9. The maximum Gasteiger partial charge on any atom is 0.422 e. The molecule has 0 aliphatic heterocycles. The van der Waals surface area contributed by atoms with Gasteiger partial charge in [0.2, 0.25) is 0 Å². The summed E-state index contributed by atoms with van der Waals surface area (Å²) in [4.78, 5) is 26.3. The van der Waals surface area contributed by atoms with Crippen LogP contribution in [-0.4, -0.2) is 38.7 Å². The van der Waals surface area contributed by atoms with Crippen LogP contribution in [0, 0.1) is 0 Å². The monoisotopic (exact) mass is 505 g/mol. The number of alkyl halides is 3. The highest BCUT2D eigenvalue weighted by atomic mass is 19.4. The Morgan fingerprint density at radius 1 is 1.00 bits per heavy atom. The van der Waals surface area contributed by atoms with Gasteiger partial charge in [0.05, 0.1) is 11.3 Å². The number of benzene rings is 2.